The molecule has 0 aliphatic heterocycles. The van der Waals surface area contributed by atoms with Gasteiger partial charge in [-0.1, -0.05) is 6.92 Å². The zero-order chi connectivity index (χ0) is 22.1. The number of benzene rings is 2. The van der Waals surface area contributed by atoms with E-state index < -0.39 is 35.0 Å². The molecule has 0 aliphatic rings. The number of hydrogen-bond acceptors (Lipinski definition) is 2. The smallest absolute Gasteiger partial charge is 0.236 e. The number of aryl methyl sites for hydroxylation is 1. The standard InChI is InChI=1S/C21H13F7N2/c1-2-11-5-17(24)19(18(25)6-11)13-9-29-20(30-10-13)12-7-15(22)14(16(23)8-12)3-4-21(26,27)28/h3-10H,2H2,1H3. The Hall–Kier alpha value is -3.23. The van der Waals surface area contributed by atoms with Crippen LogP contribution in [0.5, 0.6) is 0 Å². The van der Waals surface area contributed by atoms with Gasteiger partial charge >= 0.3 is 6.18 Å². The van der Waals surface area contributed by atoms with Crippen molar-refractivity contribution in [2.24, 2.45) is 0 Å². The fraction of sp³-hybridized carbons (Fsp3) is 0.143. The van der Waals surface area contributed by atoms with Crippen molar-refractivity contribution >= 4 is 6.08 Å². The number of allylic oxidation sites excluding steroid dienone is 1. The fourth-order valence-corrected chi connectivity index (χ4v) is 2.76. The van der Waals surface area contributed by atoms with Crippen molar-refractivity contribution in [3.63, 3.8) is 0 Å². The van der Waals surface area contributed by atoms with Gasteiger partial charge in [0.2, 0.25) is 0 Å². The Labute approximate surface area is 166 Å². The molecule has 156 valence electrons. The normalized spacial score (nSPS) is 12.0. The van der Waals surface area contributed by atoms with Crippen LogP contribution in [-0.2, 0) is 6.42 Å². The second kappa shape index (κ2) is 8.25. The molecule has 3 aromatic rings. The number of rotatable bonds is 4. The molecule has 1 heterocycles. The third-order valence-electron chi connectivity index (χ3n) is 4.23. The summed E-state index contributed by atoms with van der Waals surface area (Å²) in [7, 11) is 0. The third kappa shape index (κ3) is 4.67. The van der Waals surface area contributed by atoms with Crippen LogP contribution < -0.4 is 0 Å². The van der Waals surface area contributed by atoms with Crippen LogP contribution in [0.1, 0.15) is 18.1 Å². The van der Waals surface area contributed by atoms with Crippen LogP contribution in [0.4, 0.5) is 30.7 Å². The topological polar surface area (TPSA) is 25.8 Å². The first-order valence-electron chi connectivity index (χ1n) is 8.64. The highest BCUT2D eigenvalue weighted by Gasteiger charge is 2.23. The largest absolute Gasteiger partial charge is 0.409 e. The quantitative estimate of drug-likeness (QED) is 0.445. The van der Waals surface area contributed by atoms with Gasteiger partial charge in [0.1, 0.15) is 23.3 Å². The molecule has 0 N–H and O–H groups in total. The molecule has 0 fully saturated rings. The van der Waals surface area contributed by atoms with Gasteiger partial charge in [-0.25, -0.2) is 27.5 Å². The van der Waals surface area contributed by atoms with Crippen molar-refractivity contribution in [3.8, 4) is 22.5 Å². The predicted molar refractivity (Wildman–Crippen MR) is 97.2 cm³/mol. The molecule has 9 heteroatoms. The zero-order valence-corrected chi connectivity index (χ0v) is 15.4. The lowest BCUT2D eigenvalue weighted by Gasteiger charge is -2.09. The van der Waals surface area contributed by atoms with Gasteiger partial charge in [-0.05, 0) is 42.3 Å². The molecule has 0 spiro atoms. The lowest BCUT2D eigenvalue weighted by molar-refractivity contribution is -0.0790. The predicted octanol–water partition coefficient (Wildman–Crippen LogP) is 6.50. The maximum Gasteiger partial charge on any atom is 0.409 e. The summed E-state index contributed by atoms with van der Waals surface area (Å²) in [5, 5.41) is 0. The van der Waals surface area contributed by atoms with Gasteiger partial charge in [0.05, 0.1) is 5.56 Å². The van der Waals surface area contributed by atoms with Crippen molar-refractivity contribution in [2.75, 3.05) is 0 Å². The Morgan fingerprint density at radius 3 is 1.80 bits per heavy atom. The van der Waals surface area contributed by atoms with E-state index in [1.54, 1.807) is 6.92 Å². The van der Waals surface area contributed by atoms with Gasteiger partial charge in [0, 0.05) is 35.2 Å². The average molecular weight is 426 g/mol. The van der Waals surface area contributed by atoms with E-state index in [4.69, 9.17) is 0 Å². The average Bonchev–Trinajstić information content (AvgIpc) is 2.66. The van der Waals surface area contributed by atoms with E-state index in [0.29, 0.717) is 12.0 Å². The maximum absolute atomic E-state index is 14.2. The first-order valence-corrected chi connectivity index (χ1v) is 8.64. The van der Waals surface area contributed by atoms with Gasteiger partial charge < -0.3 is 0 Å². The van der Waals surface area contributed by atoms with E-state index in [0.717, 1.165) is 24.5 Å². The molecule has 0 aliphatic carbocycles. The van der Waals surface area contributed by atoms with Crippen LogP contribution in [0.2, 0.25) is 0 Å². The van der Waals surface area contributed by atoms with Crippen molar-refractivity contribution < 1.29 is 30.7 Å². The molecule has 0 saturated heterocycles. The van der Waals surface area contributed by atoms with E-state index >= 15 is 0 Å². The Bertz CT molecular complexity index is 1060. The molecule has 30 heavy (non-hydrogen) atoms. The molecular formula is C21H13F7N2. The summed E-state index contributed by atoms with van der Waals surface area (Å²) < 4.78 is 93.3. The lowest BCUT2D eigenvalue weighted by atomic mass is 10.0. The monoisotopic (exact) mass is 426 g/mol. The zero-order valence-electron chi connectivity index (χ0n) is 15.4. The van der Waals surface area contributed by atoms with Crippen LogP contribution in [0.15, 0.2) is 42.7 Å². The summed E-state index contributed by atoms with van der Waals surface area (Å²) in [6, 6.07) is 3.91. The highest BCUT2D eigenvalue weighted by molar-refractivity contribution is 5.66. The number of halogens is 7. The minimum Gasteiger partial charge on any atom is -0.236 e. The molecule has 0 radical (unpaired) electrons. The SMILES string of the molecule is CCc1cc(F)c(-c2cnc(-c3cc(F)c(C=CC(F)(F)F)c(F)c3)nc2)c(F)c1. The summed E-state index contributed by atoms with van der Waals surface area (Å²) in [5.41, 5.74) is -0.876. The second-order valence-corrected chi connectivity index (χ2v) is 6.31. The first-order chi connectivity index (χ1) is 14.1. The molecular weight excluding hydrogens is 413 g/mol. The van der Waals surface area contributed by atoms with Crippen molar-refractivity contribution in [3.05, 3.63) is 77.1 Å². The van der Waals surface area contributed by atoms with Gasteiger partial charge in [-0.3, -0.25) is 0 Å². The van der Waals surface area contributed by atoms with Crippen molar-refractivity contribution in [2.45, 2.75) is 19.5 Å². The highest BCUT2D eigenvalue weighted by Crippen LogP contribution is 2.29. The van der Waals surface area contributed by atoms with E-state index in [9.17, 15) is 30.7 Å². The number of hydrogen-bond donors (Lipinski definition) is 0. The molecule has 2 aromatic carbocycles. The number of nitrogens with zero attached hydrogens (tertiary/aromatic N) is 2. The number of aromatic nitrogens is 2. The van der Waals surface area contributed by atoms with Crippen molar-refractivity contribution in [1.82, 2.24) is 9.97 Å². The second-order valence-electron chi connectivity index (χ2n) is 6.31. The molecule has 0 saturated carbocycles. The molecule has 1 aromatic heterocycles. The lowest BCUT2D eigenvalue weighted by Crippen LogP contribution is -2.01. The third-order valence-corrected chi connectivity index (χ3v) is 4.23. The van der Waals surface area contributed by atoms with Crippen LogP contribution >= 0.6 is 0 Å². The summed E-state index contributed by atoms with van der Waals surface area (Å²) in [5.74, 6) is -4.27. The van der Waals surface area contributed by atoms with Crippen molar-refractivity contribution in [1.29, 1.82) is 0 Å². The molecule has 0 unspecified atom stereocenters. The molecule has 0 bridgehead atoms. The molecule has 3 rings (SSSR count). The molecule has 0 amide bonds. The minimum absolute atomic E-state index is 0.0158. The highest BCUT2D eigenvalue weighted by atomic mass is 19.4. The van der Waals surface area contributed by atoms with E-state index in [-0.39, 0.29) is 34.7 Å². The Morgan fingerprint density at radius 2 is 1.33 bits per heavy atom. The summed E-state index contributed by atoms with van der Waals surface area (Å²) in [6.45, 7) is 1.74. The summed E-state index contributed by atoms with van der Waals surface area (Å²) in [4.78, 5) is 7.74. The number of alkyl halides is 3. The van der Waals surface area contributed by atoms with E-state index in [1.807, 2.05) is 0 Å². The van der Waals surface area contributed by atoms with Gasteiger partial charge in [0.25, 0.3) is 0 Å². The Kier molecular flexibility index (Phi) is 5.91. The fourth-order valence-electron chi connectivity index (χ4n) is 2.76. The van der Waals surface area contributed by atoms with E-state index in [2.05, 4.69) is 9.97 Å². The Morgan fingerprint density at radius 1 is 0.800 bits per heavy atom. The van der Waals surface area contributed by atoms with Gasteiger partial charge in [-0.2, -0.15) is 13.2 Å². The molecule has 0 atom stereocenters. The maximum atomic E-state index is 14.2. The Balaban J connectivity index is 1.95. The summed E-state index contributed by atoms with van der Waals surface area (Å²) in [6.07, 6.45) is -2.12. The molecule has 2 nitrogen and oxygen atoms in total. The van der Waals surface area contributed by atoms with Crippen LogP contribution in [0, 0.1) is 23.3 Å². The van der Waals surface area contributed by atoms with Crippen LogP contribution in [0.3, 0.4) is 0 Å². The first kappa shape index (κ1) is 21.5. The van der Waals surface area contributed by atoms with E-state index in [1.165, 1.54) is 12.1 Å². The minimum atomic E-state index is -4.73. The van der Waals surface area contributed by atoms with Gasteiger partial charge in [-0.15, -0.1) is 0 Å². The summed E-state index contributed by atoms with van der Waals surface area (Å²) >= 11 is 0. The van der Waals surface area contributed by atoms with Crippen LogP contribution in [-0.4, -0.2) is 16.1 Å². The van der Waals surface area contributed by atoms with Crippen LogP contribution in [0.25, 0.3) is 28.6 Å². The van der Waals surface area contributed by atoms with Gasteiger partial charge in [0.15, 0.2) is 5.82 Å².